The van der Waals surface area contributed by atoms with Gasteiger partial charge in [-0.25, -0.2) is 4.98 Å². The van der Waals surface area contributed by atoms with E-state index < -0.39 is 0 Å². The quantitative estimate of drug-likeness (QED) is 0.398. The highest BCUT2D eigenvalue weighted by Crippen LogP contribution is 2.17. The van der Waals surface area contributed by atoms with Crippen LogP contribution in [0.4, 0.5) is 11.6 Å². The second-order valence-electron chi connectivity index (χ2n) is 7.91. The van der Waals surface area contributed by atoms with Crippen LogP contribution in [0.5, 0.6) is 0 Å². The summed E-state index contributed by atoms with van der Waals surface area (Å²) in [7, 11) is 0. The maximum atomic E-state index is 12.5. The van der Waals surface area contributed by atoms with Gasteiger partial charge in [-0.2, -0.15) is 9.50 Å². The zero-order chi connectivity index (χ0) is 21.8. The van der Waals surface area contributed by atoms with Gasteiger partial charge in [-0.05, 0) is 35.1 Å². The number of benzene rings is 2. The van der Waals surface area contributed by atoms with Crippen molar-refractivity contribution in [2.45, 2.75) is 46.2 Å². The molecule has 2 heterocycles. The maximum Gasteiger partial charge on any atom is 0.274 e. The lowest BCUT2D eigenvalue weighted by molar-refractivity contribution is 0.864. The van der Waals surface area contributed by atoms with E-state index in [9.17, 15) is 4.79 Å². The molecule has 7 nitrogen and oxygen atoms in total. The number of hydrogen-bond acceptors (Lipinski definition) is 5. The number of aromatic nitrogens is 4. The zero-order valence-electron chi connectivity index (χ0n) is 18.1. The van der Waals surface area contributed by atoms with E-state index in [0.29, 0.717) is 36.4 Å². The molecule has 0 aliphatic carbocycles. The summed E-state index contributed by atoms with van der Waals surface area (Å²) in [4.78, 5) is 21.5. The fourth-order valence-electron chi connectivity index (χ4n) is 3.49. The van der Waals surface area contributed by atoms with Crippen LogP contribution in [0.15, 0.2) is 59.4 Å². The second kappa shape index (κ2) is 9.04. The van der Waals surface area contributed by atoms with E-state index in [1.165, 1.54) is 21.7 Å². The highest BCUT2D eigenvalue weighted by Gasteiger charge is 2.09. The molecule has 2 aromatic carbocycles. The van der Waals surface area contributed by atoms with E-state index >= 15 is 0 Å². The Hall–Kier alpha value is -3.61. The van der Waals surface area contributed by atoms with Gasteiger partial charge in [-0.15, -0.1) is 0 Å². The van der Waals surface area contributed by atoms with Crippen LogP contribution in [0.1, 0.15) is 49.1 Å². The Balaban J connectivity index is 1.46. The molecular formula is C24H28N6O. The minimum atomic E-state index is -0.188. The van der Waals surface area contributed by atoms with Gasteiger partial charge < -0.3 is 10.6 Å². The summed E-state index contributed by atoms with van der Waals surface area (Å²) in [5.74, 6) is 1.37. The van der Waals surface area contributed by atoms with Gasteiger partial charge in [0.05, 0.1) is 12.2 Å². The molecule has 0 bridgehead atoms. The summed E-state index contributed by atoms with van der Waals surface area (Å²) in [6, 6.07) is 18.2. The topological polar surface area (TPSA) is 87.1 Å². The molecule has 0 unspecified atom stereocenters. The Bertz CT molecular complexity index is 1220. The molecule has 0 saturated heterocycles. The third-order valence-electron chi connectivity index (χ3n) is 5.35. The molecule has 0 aliphatic heterocycles. The predicted molar refractivity (Wildman–Crippen MR) is 125 cm³/mol. The Morgan fingerprint density at radius 3 is 2.52 bits per heavy atom. The van der Waals surface area contributed by atoms with Crippen molar-refractivity contribution in [3.8, 4) is 0 Å². The first-order valence-electron chi connectivity index (χ1n) is 10.7. The minimum Gasteiger partial charge on any atom is -0.379 e. The molecule has 4 rings (SSSR count). The molecule has 3 N–H and O–H groups in total. The highest BCUT2D eigenvalue weighted by molar-refractivity contribution is 5.51. The van der Waals surface area contributed by atoms with Crippen LogP contribution < -0.4 is 16.2 Å². The van der Waals surface area contributed by atoms with Gasteiger partial charge in [0.1, 0.15) is 0 Å². The Morgan fingerprint density at radius 2 is 1.77 bits per heavy atom. The Labute approximate surface area is 181 Å². The summed E-state index contributed by atoms with van der Waals surface area (Å²) >= 11 is 0. The van der Waals surface area contributed by atoms with Crippen LogP contribution in [0, 0.1) is 0 Å². The molecule has 0 saturated carbocycles. The smallest absolute Gasteiger partial charge is 0.274 e. The molecule has 2 aromatic heterocycles. The van der Waals surface area contributed by atoms with E-state index in [1.807, 2.05) is 18.2 Å². The van der Waals surface area contributed by atoms with Gasteiger partial charge in [-0.1, -0.05) is 63.2 Å². The molecule has 31 heavy (non-hydrogen) atoms. The summed E-state index contributed by atoms with van der Waals surface area (Å²) in [6.45, 7) is 7.54. The molecule has 0 aliphatic rings. The minimum absolute atomic E-state index is 0.188. The molecule has 7 heteroatoms. The molecule has 0 spiro atoms. The van der Waals surface area contributed by atoms with Gasteiger partial charge in [0.2, 0.25) is 5.95 Å². The van der Waals surface area contributed by atoms with Crippen molar-refractivity contribution in [1.29, 1.82) is 0 Å². The summed E-state index contributed by atoms with van der Waals surface area (Å²) in [5, 5.41) is 9.59. The number of anilines is 2. The lowest BCUT2D eigenvalue weighted by atomic mass is 10.0. The first-order chi connectivity index (χ1) is 15.0. The number of H-pyrrole nitrogens is 1. The van der Waals surface area contributed by atoms with Crippen LogP contribution in [0.25, 0.3) is 5.78 Å². The number of aryl methyl sites for hydroxylation is 1. The Morgan fingerprint density at radius 1 is 1.00 bits per heavy atom. The van der Waals surface area contributed by atoms with E-state index in [-0.39, 0.29) is 5.56 Å². The van der Waals surface area contributed by atoms with Gasteiger partial charge in [-0.3, -0.25) is 9.89 Å². The van der Waals surface area contributed by atoms with Crippen LogP contribution in [-0.4, -0.2) is 19.6 Å². The van der Waals surface area contributed by atoms with Crippen molar-refractivity contribution in [2.75, 3.05) is 10.6 Å². The molecule has 4 aromatic rings. The molecule has 0 fully saturated rings. The number of hydrogen-bond donors (Lipinski definition) is 3. The Kier molecular flexibility index (Phi) is 6.02. The molecule has 0 radical (unpaired) electrons. The molecular weight excluding hydrogens is 388 g/mol. The average Bonchev–Trinajstić information content (AvgIpc) is 3.20. The highest BCUT2D eigenvalue weighted by atomic mass is 16.1. The van der Waals surface area contributed by atoms with Crippen LogP contribution in [-0.2, 0) is 19.5 Å². The van der Waals surface area contributed by atoms with Gasteiger partial charge >= 0.3 is 0 Å². The standard InChI is InChI=1S/C24H28N6O/c1-4-18-7-5-6-8-21(18)25-15-20-13-22(31)30-24(27-20)28-23(29-30)26-14-17-9-11-19(12-10-17)16(2)3/h5-13,16,25H,4,14-15H2,1-3H3,(H2,26,27,28,29). The number of nitrogens with one attached hydrogen (secondary N) is 3. The first-order valence-corrected chi connectivity index (χ1v) is 10.7. The summed E-state index contributed by atoms with van der Waals surface area (Å²) in [6.07, 6.45) is 0.937. The van der Waals surface area contributed by atoms with Gasteiger partial charge in [0.15, 0.2) is 0 Å². The van der Waals surface area contributed by atoms with Crippen molar-refractivity contribution in [1.82, 2.24) is 19.6 Å². The summed E-state index contributed by atoms with van der Waals surface area (Å²) < 4.78 is 1.35. The first kappa shape index (κ1) is 20.7. The van der Waals surface area contributed by atoms with Crippen molar-refractivity contribution in [3.05, 3.63) is 87.3 Å². The van der Waals surface area contributed by atoms with Crippen LogP contribution in [0.2, 0.25) is 0 Å². The van der Waals surface area contributed by atoms with Crippen LogP contribution >= 0.6 is 0 Å². The average molecular weight is 417 g/mol. The van der Waals surface area contributed by atoms with Gasteiger partial charge in [0, 0.05) is 18.3 Å². The van der Waals surface area contributed by atoms with Crippen molar-refractivity contribution in [2.24, 2.45) is 0 Å². The van der Waals surface area contributed by atoms with Crippen molar-refractivity contribution in [3.63, 3.8) is 0 Å². The summed E-state index contributed by atoms with van der Waals surface area (Å²) in [5.41, 5.74) is 5.20. The normalized spacial score (nSPS) is 11.2. The maximum absolute atomic E-state index is 12.5. The largest absolute Gasteiger partial charge is 0.379 e. The second-order valence-corrected chi connectivity index (χ2v) is 7.91. The number of fused-ring (bicyclic) bond motifs is 1. The fraction of sp³-hybridized carbons (Fsp3) is 0.292. The van der Waals surface area contributed by atoms with E-state index in [2.05, 4.69) is 76.8 Å². The predicted octanol–water partition coefficient (Wildman–Crippen LogP) is 4.33. The fourth-order valence-corrected chi connectivity index (χ4v) is 3.49. The molecule has 160 valence electrons. The van der Waals surface area contributed by atoms with E-state index in [1.54, 1.807) is 0 Å². The SMILES string of the molecule is CCc1ccccc1NCc1cc(=O)n2[nH]c(NCc3ccc(C(C)C)cc3)nc2n1. The zero-order valence-corrected chi connectivity index (χ0v) is 18.1. The third-order valence-corrected chi connectivity index (χ3v) is 5.35. The number of aromatic amines is 1. The van der Waals surface area contributed by atoms with Crippen LogP contribution in [0.3, 0.4) is 0 Å². The van der Waals surface area contributed by atoms with Crippen molar-refractivity contribution >= 4 is 17.4 Å². The lowest BCUT2D eigenvalue weighted by Crippen LogP contribution is -2.17. The van der Waals surface area contributed by atoms with Gasteiger partial charge in [0.25, 0.3) is 11.3 Å². The monoisotopic (exact) mass is 416 g/mol. The van der Waals surface area contributed by atoms with Crippen molar-refractivity contribution < 1.29 is 0 Å². The van der Waals surface area contributed by atoms with E-state index in [4.69, 9.17) is 0 Å². The lowest BCUT2D eigenvalue weighted by Gasteiger charge is -2.10. The molecule has 0 atom stereocenters. The van der Waals surface area contributed by atoms with E-state index in [0.717, 1.165) is 17.7 Å². The third kappa shape index (κ3) is 4.77. The molecule has 0 amide bonds. The number of para-hydroxylation sites is 1. The number of rotatable bonds is 8. The number of nitrogens with zero attached hydrogens (tertiary/aromatic N) is 3.